The fraction of sp³-hybridized carbons (Fsp3) is 0.0870. The SMILES string of the molecule is N#Cc1ccccc1-c1ccccc1C(=O)OCC(=O)NCc1ccc(Cl)cc1. The number of benzene rings is 3. The number of nitriles is 1. The standard InChI is InChI=1S/C23H17ClN2O3/c24-18-11-9-16(10-12-18)14-26-22(27)15-29-23(28)21-8-4-3-7-20(21)19-6-2-1-5-17(19)13-25/h1-12H,14-15H2,(H,26,27). The normalized spacial score (nSPS) is 10.1. The quantitative estimate of drug-likeness (QED) is 0.619. The minimum atomic E-state index is -0.630. The molecular formula is C23H17ClN2O3. The van der Waals surface area contributed by atoms with Crippen molar-refractivity contribution in [2.75, 3.05) is 6.61 Å². The maximum absolute atomic E-state index is 12.6. The molecule has 29 heavy (non-hydrogen) atoms. The summed E-state index contributed by atoms with van der Waals surface area (Å²) in [5, 5.41) is 12.6. The summed E-state index contributed by atoms with van der Waals surface area (Å²) < 4.78 is 5.18. The van der Waals surface area contributed by atoms with Crippen LogP contribution in [0.4, 0.5) is 0 Å². The topological polar surface area (TPSA) is 79.2 Å². The third kappa shape index (κ3) is 5.22. The lowest BCUT2D eigenvalue weighted by molar-refractivity contribution is -0.124. The highest BCUT2D eigenvalue weighted by molar-refractivity contribution is 6.30. The summed E-state index contributed by atoms with van der Waals surface area (Å²) >= 11 is 5.83. The van der Waals surface area contributed by atoms with Gasteiger partial charge in [-0.1, -0.05) is 60.1 Å². The van der Waals surface area contributed by atoms with E-state index >= 15 is 0 Å². The summed E-state index contributed by atoms with van der Waals surface area (Å²) in [6.45, 7) is -0.0969. The summed E-state index contributed by atoms with van der Waals surface area (Å²) in [5.74, 6) is -1.04. The van der Waals surface area contributed by atoms with Gasteiger partial charge >= 0.3 is 5.97 Å². The van der Waals surface area contributed by atoms with Crippen molar-refractivity contribution < 1.29 is 14.3 Å². The Hall–Kier alpha value is -3.62. The second kappa shape index (κ2) is 9.54. The van der Waals surface area contributed by atoms with E-state index in [1.807, 2.05) is 0 Å². The second-order valence-corrected chi connectivity index (χ2v) is 6.62. The molecule has 5 nitrogen and oxygen atoms in total. The number of esters is 1. The zero-order valence-corrected chi connectivity index (χ0v) is 16.1. The van der Waals surface area contributed by atoms with E-state index < -0.39 is 18.5 Å². The molecule has 3 aromatic carbocycles. The maximum atomic E-state index is 12.6. The van der Waals surface area contributed by atoms with Gasteiger partial charge in [0.25, 0.3) is 5.91 Å². The van der Waals surface area contributed by atoms with Crippen LogP contribution in [0.15, 0.2) is 72.8 Å². The zero-order valence-electron chi connectivity index (χ0n) is 15.4. The number of ether oxygens (including phenoxy) is 1. The van der Waals surface area contributed by atoms with Gasteiger partial charge in [0.05, 0.1) is 17.2 Å². The monoisotopic (exact) mass is 404 g/mol. The van der Waals surface area contributed by atoms with Crippen LogP contribution in [-0.4, -0.2) is 18.5 Å². The van der Waals surface area contributed by atoms with Crippen molar-refractivity contribution in [3.8, 4) is 17.2 Å². The molecule has 0 unspecified atom stereocenters. The van der Waals surface area contributed by atoms with Crippen molar-refractivity contribution in [3.05, 3.63) is 94.5 Å². The number of rotatable bonds is 6. The van der Waals surface area contributed by atoms with Gasteiger partial charge in [0.1, 0.15) is 0 Å². The van der Waals surface area contributed by atoms with Gasteiger partial charge in [0.15, 0.2) is 6.61 Å². The van der Waals surface area contributed by atoms with Gasteiger partial charge in [-0.05, 0) is 35.4 Å². The average Bonchev–Trinajstić information content (AvgIpc) is 2.77. The van der Waals surface area contributed by atoms with E-state index in [4.69, 9.17) is 16.3 Å². The molecule has 0 spiro atoms. The lowest BCUT2D eigenvalue weighted by atomic mass is 9.96. The van der Waals surface area contributed by atoms with E-state index in [9.17, 15) is 14.9 Å². The Bertz CT molecular complexity index is 1070. The molecule has 0 fully saturated rings. The Labute approximate surface area is 173 Å². The van der Waals surface area contributed by atoms with E-state index in [1.165, 1.54) is 0 Å². The molecule has 1 N–H and O–H groups in total. The molecule has 0 aliphatic carbocycles. The number of carbonyl (C=O) groups excluding carboxylic acids is 2. The van der Waals surface area contributed by atoms with Crippen molar-refractivity contribution in [2.24, 2.45) is 0 Å². The molecule has 3 aromatic rings. The first-order valence-electron chi connectivity index (χ1n) is 8.85. The van der Waals surface area contributed by atoms with Gasteiger partial charge in [-0.3, -0.25) is 4.79 Å². The Kier molecular flexibility index (Phi) is 6.62. The first-order chi connectivity index (χ1) is 14.1. The fourth-order valence-electron chi connectivity index (χ4n) is 2.77. The Balaban J connectivity index is 1.65. The van der Waals surface area contributed by atoms with E-state index in [-0.39, 0.29) is 0 Å². The van der Waals surface area contributed by atoms with Crippen molar-refractivity contribution >= 4 is 23.5 Å². The minimum Gasteiger partial charge on any atom is -0.452 e. The third-order valence-corrected chi connectivity index (χ3v) is 4.47. The van der Waals surface area contributed by atoms with E-state index in [1.54, 1.807) is 72.8 Å². The van der Waals surface area contributed by atoms with Crippen LogP contribution < -0.4 is 5.32 Å². The van der Waals surface area contributed by atoms with Gasteiger partial charge < -0.3 is 10.1 Å². The number of halogens is 1. The highest BCUT2D eigenvalue weighted by Crippen LogP contribution is 2.27. The fourth-order valence-corrected chi connectivity index (χ4v) is 2.90. The summed E-state index contributed by atoms with van der Waals surface area (Å²) in [6.07, 6.45) is 0. The first-order valence-corrected chi connectivity index (χ1v) is 9.23. The van der Waals surface area contributed by atoms with Crippen LogP contribution in [0.5, 0.6) is 0 Å². The lowest BCUT2D eigenvalue weighted by Gasteiger charge is -2.11. The Morgan fingerprint density at radius 3 is 2.31 bits per heavy atom. The van der Waals surface area contributed by atoms with Gasteiger partial charge in [0, 0.05) is 17.1 Å². The van der Waals surface area contributed by atoms with E-state index in [2.05, 4.69) is 11.4 Å². The predicted octanol–water partition coefficient (Wildman–Crippen LogP) is 4.35. The molecule has 0 bridgehead atoms. The number of amides is 1. The van der Waals surface area contributed by atoms with Crippen LogP contribution >= 0.6 is 11.6 Å². The third-order valence-electron chi connectivity index (χ3n) is 4.22. The molecule has 0 aliphatic rings. The summed E-state index contributed by atoms with van der Waals surface area (Å²) in [7, 11) is 0. The van der Waals surface area contributed by atoms with Gasteiger partial charge in [-0.2, -0.15) is 5.26 Å². The summed E-state index contributed by atoms with van der Waals surface area (Å²) in [4.78, 5) is 24.6. The molecule has 1 amide bonds. The highest BCUT2D eigenvalue weighted by atomic mass is 35.5. The molecule has 6 heteroatoms. The predicted molar refractivity (Wildman–Crippen MR) is 110 cm³/mol. The largest absolute Gasteiger partial charge is 0.452 e. The van der Waals surface area contributed by atoms with E-state index in [0.717, 1.165) is 5.56 Å². The zero-order chi connectivity index (χ0) is 20.6. The van der Waals surface area contributed by atoms with Crippen LogP contribution in [0.2, 0.25) is 5.02 Å². The molecular weight excluding hydrogens is 388 g/mol. The number of hydrogen-bond donors (Lipinski definition) is 1. The maximum Gasteiger partial charge on any atom is 0.339 e. The van der Waals surface area contributed by atoms with E-state index in [0.29, 0.717) is 33.8 Å². The van der Waals surface area contributed by atoms with Crippen LogP contribution in [0.25, 0.3) is 11.1 Å². The van der Waals surface area contributed by atoms with Crippen molar-refractivity contribution in [2.45, 2.75) is 6.54 Å². The number of hydrogen-bond acceptors (Lipinski definition) is 4. The van der Waals surface area contributed by atoms with Crippen molar-refractivity contribution in [1.29, 1.82) is 5.26 Å². The van der Waals surface area contributed by atoms with Crippen molar-refractivity contribution in [1.82, 2.24) is 5.32 Å². The van der Waals surface area contributed by atoms with Crippen LogP contribution in [-0.2, 0) is 16.1 Å². The van der Waals surface area contributed by atoms with Crippen LogP contribution in [0, 0.1) is 11.3 Å². The van der Waals surface area contributed by atoms with Gasteiger partial charge in [0.2, 0.25) is 0 Å². The van der Waals surface area contributed by atoms with Crippen LogP contribution in [0.3, 0.4) is 0 Å². The average molecular weight is 405 g/mol. The number of nitrogens with one attached hydrogen (secondary N) is 1. The molecule has 0 heterocycles. The number of nitrogens with zero attached hydrogens (tertiary/aromatic N) is 1. The number of carbonyl (C=O) groups is 2. The molecule has 0 atom stereocenters. The Morgan fingerprint density at radius 2 is 1.59 bits per heavy atom. The first kappa shape index (κ1) is 20.1. The highest BCUT2D eigenvalue weighted by Gasteiger charge is 2.17. The van der Waals surface area contributed by atoms with Crippen LogP contribution in [0.1, 0.15) is 21.5 Å². The summed E-state index contributed by atoms with van der Waals surface area (Å²) in [5.41, 5.74) is 2.84. The van der Waals surface area contributed by atoms with Gasteiger partial charge in [-0.15, -0.1) is 0 Å². The minimum absolute atomic E-state index is 0.292. The van der Waals surface area contributed by atoms with Gasteiger partial charge in [-0.25, -0.2) is 4.79 Å². The molecule has 0 radical (unpaired) electrons. The smallest absolute Gasteiger partial charge is 0.339 e. The summed E-state index contributed by atoms with van der Waals surface area (Å²) in [6, 6.07) is 23.0. The Morgan fingerprint density at radius 1 is 0.931 bits per heavy atom. The molecule has 144 valence electrons. The molecule has 0 saturated heterocycles. The van der Waals surface area contributed by atoms with Crippen molar-refractivity contribution in [3.63, 3.8) is 0 Å². The molecule has 0 aliphatic heterocycles. The molecule has 3 rings (SSSR count). The molecule has 0 aromatic heterocycles. The second-order valence-electron chi connectivity index (χ2n) is 6.18. The lowest BCUT2D eigenvalue weighted by Crippen LogP contribution is -2.28. The molecule has 0 saturated carbocycles.